The van der Waals surface area contributed by atoms with Gasteiger partial charge in [0.15, 0.2) is 0 Å². The number of rotatable bonds is 2. The third-order valence-electron chi connectivity index (χ3n) is 2.38. The Bertz CT molecular complexity index is 592. The topological polar surface area (TPSA) is 54.4 Å². The number of hydrogen-bond donors (Lipinski definition) is 1. The lowest BCUT2D eigenvalue weighted by molar-refractivity contribution is 0.483. The highest BCUT2D eigenvalue weighted by molar-refractivity contribution is 7.85. The van der Waals surface area contributed by atoms with Gasteiger partial charge < -0.3 is 0 Å². The van der Waals surface area contributed by atoms with Crippen LogP contribution in [0.2, 0.25) is 0 Å². The lowest BCUT2D eigenvalue weighted by Crippen LogP contribution is -1.96. The Hall–Kier alpha value is -1.22. The van der Waals surface area contributed by atoms with Crippen LogP contribution in [0.4, 0.5) is 0 Å². The highest BCUT2D eigenvalue weighted by Gasteiger charge is 2.06. The first-order valence-electron chi connectivity index (χ1n) is 5.70. The summed E-state index contributed by atoms with van der Waals surface area (Å²) in [4.78, 5) is -0.0666. The molecule has 0 aliphatic carbocycles. The van der Waals surface area contributed by atoms with Gasteiger partial charge in [0.25, 0.3) is 10.1 Å². The Balaban J connectivity index is 0.000000200. The van der Waals surface area contributed by atoms with Gasteiger partial charge in [0.1, 0.15) is 0 Å². The molecule has 0 aliphatic heterocycles. The highest BCUT2D eigenvalue weighted by Crippen LogP contribution is 2.08. The summed E-state index contributed by atoms with van der Waals surface area (Å²) in [7, 11) is -3.09. The summed E-state index contributed by atoms with van der Waals surface area (Å²) in [6.07, 6.45) is 0. The first-order valence-corrected chi connectivity index (χ1v) is 8.64. The van der Waals surface area contributed by atoms with Crippen LogP contribution in [-0.2, 0) is 10.1 Å². The van der Waals surface area contributed by atoms with Gasteiger partial charge in [0.2, 0.25) is 0 Å². The molecule has 2 aromatic carbocycles. The van der Waals surface area contributed by atoms with E-state index in [-0.39, 0.29) is 4.90 Å². The van der Waals surface area contributed by atoms with Gasteiger partial charge in [0, 0.05) is 0 Å². The third kappa shape index (κ3) is 5.97. The summed E-state index contributed by atoms with van der Waals surface area (Å²) in [5.74, 6) is 0. The van der Waals surface area contributed by atoms with Crippen molar-refractivity contribution < 1.29 is 13.0 Å². The Morgan fingerprint density at radius 2 is 1.47 bits per heavy atom. The van der Waals surface area contributed by atoms with Gasteiger partial charge in [-0.15, -0.1) is 0 Å². The van der Waals surface area contributed by atoms with E-state index in [0.717, 1.165) is 14.1 Å². The molecule has 0 aromatic heterocycles. The fourth-order valence-electron chi connectivity index (χ4n) is 1.32. The van der Waals surface area contributed by atoms with Gasteiger partial charge in [-0.2, -0.15) is 8.42 Å². The molecule has 0 aliphatic rings. The molecule has 2 rings (SSSR count). The second-order valence-corrected chi connectivity index (χ2v) is 6.40. The second-order valence-electron chi connectivity index (χ2n) is 3.90. The summed E-state index contributed by atoms with van der Waals surface area (Å²) < 4.78 is 29.6. The second kappa shape index (κ2) is 7.39. The molecule has 1 atom stereocenters. The molecule has 1 N–H and O–H groups in total. The van der Waals surface area contributed by atoms with Crippen LogP contribution in [0.15, 0.2) is 59.5 Å². The van der Waals surface area contributed by atoms with E-state index < -0.39 is 10.1 Å². The predicted molar refractivity (Wildman–Crippen MR) is 81.3 cm³/mol. The average molecular weight is 296 g/mol. The van der Waals surface area contributed by atoms with Gasteiger partial charge in [0.05, 0.1) is 4.90 Å². The van der Waals surface area contributed by atoms with Crippen LogP contribution in [0, 0.1) is 6.92 Å². The first-order chi connectivity index (χ1) is 8.93. The lowest BCUT2D eigenvalue weighted by atomic mass is 10.2. The molecule has 0 saturated carbocycles. The van der Waals surface area contributed by atoms with Crippen LogP contribution in [-0.4, -0.2) is 19.6 Å². The van der Waals surface area contributed by atoms with Crippen molar-refractivity contribution >= 4 is 24.0 Å². The maximum absolute atomic E-state index is 10.5. The van der Waals surface area contributed by atoms with Crippen LogP contribution in [0.3, 0.4) is 0 Å². The quantitative estimate of drug-likeness (QED) is 0.685. The van der Waals surface area contributed by atoms with Crippen LogP contribution in [0.25, 0.3) is 0 Å². The van der Waals surface area contributed by atoms with E-state index in [0.29, 0.717) is 0 Å². The van der Waals surface area contributed by atoms with E-state index in [1.165, 1.54) is 17.4 Å². The van der Waals surface area contributed by atoms with Crippen LogP contribution < -0.4 is 5.30 Å². The zero-order chi connectivity index (χ0) is 14.3. The molecule has 0 bridgehead atoms. The Labute approximate surface area is 116 Å². The molecule has 0 fully saturated rings. The number of hydrogen-bond acceptors (Lipinski definition) is 2. The third-order valence-corrected chi connectivity index (χ3v) is 4.16. The minimum Gasteiger partial charge on any atom is -0.282 e. The van der Waals surface area contributed by atoms with Gasteiger partial charge >= 0.3 is 0 Å². The van der Waals surface area contributed by atoms with Crippen molar-refractivity contribution in [1.29, 1.82) is 0 Å². The van der Waals surface area contributed by atoms with E-state index >= 15 is 0 Å². The summed E-state index contributed by atoms with van der Waals surface area (Å²) >= 11 is 0. The van der Waals surface area contributed by atoms with Gasteiger partial charge in [-0.1, -0.05) is 56.6 Å². The molecule has 0 radical (unpaired) electrons. The molecule has 0 spiro atoms. The molecule has 3 nitrogen and oxygen atoms in total. The maximum Gasteiger partial charge on any atom is 0.294 e. The van der Waals surface area contributed by atoms with Crippen molar-refractivity contribution in [3.63, 3.8) is 0 Å². The smallest absolute Gasteiger partial charge is 0.282 e. The molecular formula is C14H17O3PS. The summed E-state index contributed by atoms with van der Waals surface area (Å²) in [5.41, 5.74) is 0.956. The van der Waals surface area contributed by atoms with E-state index in [1.54, 1.807) is 12.1 Å². The highest BCUT2D eigenvalue weighted by atomic mass is 32.2. The normalized spacial score (nSPS) is 11.1. The van der Waals surface area contributed by atoms with E-state index in [4.69, 9.17) is 4.55 Å². The molecule has 5 heteroatoms. The molecule has 102 valence electrons. The van der Waals surface area contributed by atoms with Crippen LogP contribution in [0.1, 0.15) is 5.56 Å². The molecular weight excluding hydrogens is 279 g/mol. The summed E-state index contributed by atoms with van der Waals surface area (Å²) in [5, 5.41) is 1.44. The number of aryl methyl sites for hydroxylation is 1. The minimum atomic E-state index is -4.02. The molecule has 1 unspecified atom stereocenters. The standard InChI is InChI=1S/C7H8O3S.C7H9P/c1-6-2-4-7(5-3-6)11(8,9)10;1-8-7-5-3-2-4-6-7/h2-5H,1H3,(H,8,9,10);2-6,8H,1H3. The van der Waals surface area contributed by atoms with E-state index in [2.05, 4.69) is 30.9 Å². The maximum atomic E-state index is 10.5. The van der Waals surface area contributed by atoms with Crippen molar-refractivity contribution in [3.8, 4) is 0 Å². The first kappa shape index (κ1) is 15.8. The SMILES string of the molecule is CPc1ccccc1.Cc1ccc(S(=O)(=O)O)cc1. The van der Waals surface area contributed by atoms with Crippen LogP contribution in [0.5, 0.6) is 0 Å². The molecule has 2 aromatic rings. The van der Waals surface area contributed by atoms with E-state index in [1.807, 2.05) is 13.0 Å². The summed E-state index contributed by atoms with van der Waals surface area (Å²) in [6.45, 7) is 4.03. The zero-order valence-corrected chi connectivity index (χ0v) is 12.7. The summed E-state index contributed by atoms with van der Waals surface area (Å²) in [6, 6.07) is 16.5. The molecule has 0 saturated heterocycles. The van der Waals surface area contributed by atoms with Crippen molar-refractivity contribution in [2.45, 2.75) is 11.8 Å². The predicted octanol–water partition coefficient (Wildman–Crippen LogP) is 2.86. The van der Waals surface area contributed by atoms with Crippen LogP contribution >= 0.6 is 8.58 Å². The van der Waals surface area contributed by atoms with Gasteiger partial charge in [-0.25, -0.2) is 0 Å². The van der Waals surface area contributed by atoms with Gasteiger partial charge in [-0.05, 0) is 31.0 Å². The largest absolute Gasteiger partial charge is 0.294 e. The monoisotopic (exact) mass is 296 g/mol. The van der Waals surface area contributed by atoms with Crippen molar-refractivity contribution in [2.24, 2.45) is 0 Å². The van der Waals surface area contributed by atoms with Gasteiger partial charge in [-0.3, -0.25) is 4.55 Å². The Morgan fingerprint density at radius 1 is 0.947 bits per heavy atom. The fourth-order valence-corrected chi connectivity index (χ4v) is 2.32. The fraction of sp³-hybridized carbons (Fsp3) is 0.143. The molecule has 19 heavy (non-hydrogen) atoms. The lowest BCUT2D eigenvalue weighted by Gasteiger charge is -1.95. The molecule has 0 heterocycles. The average Bonchev–Trinajstić information content (AvgIpc) is 2.40. The Morgan fingerprint density at radius 3 is 1.84 bits per heavy atom. The van der Waals surface area contributed by atoms with Crippen molar-refractivity contribution in [3.05, 3.63) is 60.2 Å². The Kier molecular flexibility index (Phi) is 6.16. The zero-order valence-electron chi connectivity index (χ0n) is 10.9. The number of benzene rings is 2. The minimum absolute atomic E-state index is 0.0666. The van der Waals surface area contributed by atoms with Crippen molar-refractivity contribution in [2.75, 3.05) is 6.66 Å². The molecule has 0 amide bonds. The van der Waals surface area contributed by atoms with E-state index in [9.17, 15) is 8.42 Å². The van der Waals surface area contributed by atoms with Crippen molar-refractivity contribution in [1.82, 2.24) is 0 Å².